The minimum atomic E-state index is 0.234. The first-order valence-electron chi connectivity index (χ1n) is 10.4. The van der Waals surface area contributed by atoms with Gasteiger partial charge in [0.25, 0.3) is 0 Å². The van der Waals surface area contributed by atoms with E-state index in [0.29, 0.717) is 6.04 Å². The fourth-order valence-electron chi connectivity index (χ4n) is 4.22. The number of aryl methyl sites for hydroxylation is 1. The smallest absolute Gasteiger partial charge is 0.0648 e. The van der Waals surface area contributed by atoms with Crippen LogP contribution in [-0.2, 0) is 13.1 Å². The highest BCUT2D eigenvalue weighted by atomic mass is 16.3. The molecule has 1 atom stereocenters. The lowest BCUT2D eigenvalue weighted by Crippen LogP contribution is -2.52. The number of hydrogen-bond donors (Lipinski definition) is 1. The largest absolute Gasteiger partial charge is 0.396 e. The van der Waals surface area contributed by atoms with Gasteiger partial charge < -0.3 is 5.11 Å². The molecule has 3 aromatic rings. The minimum absolute atomic E-state index is 0.234. The van der Waals surface area contributed by atoms with Gasteiger partial charge in [0.15, 0.2) is 0 Å². The van der Waals surface area contributed by atoms with Crippen molar-refractivity contribution >= 4 is 0 Å². The SMILES string of the molecule is Cc1ccccc1CN1CCN(Cc2cccc(-n3cccn3)c2)C[C@@H]1CCO. The third kappa shape index (κ3) is 4.93. The van der Waals surface area contributed by atoms with E-state index in [4.69, 9.17) is 0 Å². The Hall–Kier alpha value is -2.47. The standard InChI is InChI=1S/C24H30N4O/c1-20-6-2-3-8-22(20)18-27-14-13-26(19-24(27)10-15-29)17-21-7-4-9-23(16-21)28-12-5-11-25-28/h2-9,11-12,16,24,29H,10,13-15,17-19H2,1H3/t24-/m0/s1. The van der Waals surface area contributed by atoms with Crippen molar-refractivity contribution in [1.29, 1.82) is 0 Å². The molecular weight excluding hydrogens is 360 g/mol. The molecule has 0 unspecified atom stereocenters. The molecule has 2 heterocycles. The van der Waals surface area contributed by atoms with Gasteiger partial charge in [-0.2, -0.15) is 5.10 Å². The van der Waals surface area contributed by atoms with Gasteiger partial charge in [-0.25, -0.2) is 4.68 Å². The lowest BCUT2D eigenvalue weighted by atomic mass is 10.0. The van der Waals surface area contributed by atoms with Crippen LogP contribution in [0.3, 0.4) is 0 Å². The van der Waals surface area contributed by atoms with Gasteiger partial charge in [0, 0.05) is 57.8 Å². The number of aromatic nitrogens is 2. The number of aliphatic hydroxyl groups excluding tert-OH is 1. The van der Waals surface area contributed by atoms with Gasteiger partial charge in [-0.1, -0.05) is 36.4 Å². The highest BCUT2D eigenvalue weighted by molar-refractivity contribution is 5.35. The average Bonchev–Trinajstić information content (AvgIpc) is 3.27. The van der Waals surface area contributed by atoms with Crippen molar-refractivity contribution in [2.45, 2.75) is 32.5 Å². The van der Waals surface area contributed by atoms with E-state index in [1.165, 1.54) is 16.7 Å². The van der Waals surface area contributed by atoms with Crippen LogP contribution < -0.4 is 0 Å². The second-order valence-corrected chi connectivity index (χ2v) is 7.92. The molecule has 0 amide bonds. The fraction of sp³-hybridized carbons (Fsp3) is 0.375. The van der Waals surface area contributed by atoms with Crippen LogP contribution in [0.5, 0.6) is 0 Å². The van der Waals surface area contributed by atoms with Gasteiger partial charge >= 0.3 is 0 Å². The Morgan fingerprint density at radius 3 is 2.72 bits per heavy atom. The summed E-state index contributed by atoms with van der Waals surface area (Å²) in [6, 6.07) is 19.5. The van der Waals surface area contributed by atoms with Crippen LogP contribution in [0, 0.1) is 6.92 Å². The average molecular weight is 391 g/mol. The highest BCUT2D eigenvalue weighted by Gasteiger charge is 2.27. The third-order valence-corrected chi connectivity index (χ3v) is 5.87. The summed E-state index contributed by atoms with van der Waals surface area (Å²) in [6.45, 7) is 7.35. The summed E-state index contributed by atoms with van der Waals surface area (Å²) in [7, 11) is 0. The molecule has 1 fully saturated rings. The lowest BCUT2D eigenvalue weighted by Gasteiger charge is -2.41. The summed E-state index contributed by atoms with van der Waals surface area (Å²) in [4.78, 5) is 5.05. The topological polar surface area (TPSA) is 44.5 Å². The van der Waals surface area contributed by atoms with E-state index in [9.17, 15) is 5.11 Å². The van der Waals surface area contributed by atoms with E-state index in [1.807, 2.05) is 16.9 Å². The minimum Gasteiger partial charge on any atom is -0.396 e. The summed E-state index contributed by atoms with van der Waals surface area (Å²) in [5.74, 6) is 0. The van der Waals surface area contributed by atoms with E-state index in [1.54, 1.807) is 6.20 Å². The first-order valence-corrected chi connectivity index (χ1v) is 10.4. The second kappa shape index (κ2) is 9.35. The lowest BCUT2D eigenvalue weighted by molar-refractivity contribution is 0.0498. The van der Waals surface area contributed by atoms with Crippen molar-refractivity contribution in [2.24, 2.45) is 0 Å². The van der Waals surface area contributed by atoms with Crippen LogP contribution in [-0.4, -0.2) is 57.0 Å². The molecule has 1 N–H and O–H groups in total. The molecule has 1 aliphatic rings. The van der Waals surface area contributed by atoms with Crippen LogP contribution in [0.4, 0.5) is 0 Å². The molecule has 5 nitrogen and oxygen atoms in total. The molecule has 1 saturated heterocycles. The predicted octanol–water partition coefficient (Wildman–Crippen LogP) is 3.25. The van der Waals surface area contributed by atoms with Crippen LogP contribution in [0.2, 0.25) is 0 Å². The van der Waals surface area contributed by atoms with E-state index >= 15 is 0 Å². The van der Waals surface area contributed by atoms with Gasteiger partial charge in [-0.05, 0) is 48.2 Å². The first kappa shape index (κ1) is 19.8. The van der Waals surface area contributed by atoms with E-state index < -0.39 is 0 Å². The summed E-state index contributed by atoms with van der Waals surface area (Å²) < 4.78 is 1.90. The molecule has 4 rings (SSSR count). The van der Waals surface area contributed by atoms with Gasteiger partial charge in [-0.3, -0.25) is 9.80 Å². The zero-order chi connectivity index (χ0) is 20.1. The van der Waals surface area contributed by atoms with E-state index in [-0.39, 0.29) is 6.61 Å². The van der Waals surface area contributed by atoms with Gasteiger partial charge in [-0.15, -0.1) is 0 Å². The first-order chi connectivity index (χ1) is 14.2. The summed E-state index contributed by atoms with van der Waals surface area (Å²) in [5, 5.41) is 14.0. The van der Waals surface area contributed by atoms with E-state index in [2.05, 4.69) is 70.4 Å². The number of aliphatic hydroxyl groups is 1. The quantitative estimate of drug-likeness (QED) is 0.673. The molecule has 2 aromatic carbocycles. The van der Waals surface area contributed by atoms with Crippen LogP contribution in [0.25, 0.3) is 5.69 Å². The van der Waals surface area contributed by atoms with Gasteiger partial charge in [0.05, 0.1) is 5.69 Å². The summed E-state index contributed by atoms with van der Waals surface area (Å²) >= 11 is 0. The molecule has 29 heavy (non-hydrogen) atoms. The molecule has 0 radical (unpaired) electrons. The second-order valence-electron chi connectivity index (χ2n) is 7.92. The number of hydrogen-bond acceptors (Lipinski definition) is 4. The molecular formula is C24H30N4O. The number of piperazine rings is 1. The zero-order valence-corrected chi connectivity index (χ0v) is 17.1. The molecule has 0 bridgehead atoms. The van der Waals surface area contributed by atoms with Crippen molar-refractivity contribution in [3.8, 4) is 5.69 Å². The van der Waals surface area contributed by atoms with Crippen molar-refractivity contribution in [3.05, 3.63) is 83.7 Å². The molecule has 0 spiro atoms. The Labute approximate surface area is 173 Å². The third-order valence-electron chi connectivity index (χ3n) is 5.87. The Bertz CT molecular complexity index is 909. The Morgan fingerprint density at radius 1 is 1.03 bits per heavy atom. The van der Waals surface area contributed by atoms with Crippen LogP contribution in [0.15, 0.2) is 67.0 Å². The van der Waals surface area contributed by atoms with Gasteiger partial charge in [0.1, 0.15) is 0 Å². The molecule has 152 valence electrons. The zero-order valence-electron chi connectivity index (χ0n) is 17.1. The predicted molar refractivity (Wildman–Crippen MR) is 116 cm³/mol. The fourth-order valence-corrected chi connectivity index (χ4v) is 4.22. The number of benzene rings is 2. The monoisotopic (exact) mass is 390 g/mol. The normalized spacial score (nSPS) is 18.2. The van der Waals surface area contributed by atoms with Crippen molar-refractivity contribution in [2.75, 3.05) is 26.2 Å². The van der Waals surface area contributed by atoms with Gasteiger partial charge in [0.2, 0.25) is 0 Å². The molecule has 1 aromatic heterocycles. The maximum Gasteiger partial charge on any atom is 0.0648 e. The number of rotatable bonds is 7. The Morgan fingerprint density at radius 2 is 1.93 bits per heavy atom. The Balaban J connectivity index is 1.42. The molecule has 0 saturated carbocycles. The van der Waals surface area contributed by atoms with Crippen LogP contribution in [0.1, 0.15) is 23.1 Å². The Kier molecular flexibility index (Phi) is 6.39. The summed E-state index contributed by atoms with van der Waals surface area (Å²) in [5.41, 5.74) is 5.12. The van der Waals surface area contributed by atoms with E-state index in [0.717, 1.165) is 44.8 Å². The number of nitrogens with zero attached hydrogens (tertiary/aromatic N) is 4. The molecule has 5 heteroatoms. The maximum absolute atomic E-state index is 9.62. The maximum atomic E-state index is 9.62. The van der Waals surface area contributed by atoms with Crippen molar-refractivity contribution in [1.82, 2.24) is 19.6 Å². The van der Waals surface area contributed by atoms with Crippen molar-refractivity contribution in [3.63, 3.8) is 0 Å². The molecule has 1 aliphatic heterocycles. The molecule has 0 aliphatic carbocycles. The van der Waals surface area contributed by atoms with Crippen LogP contribution >= 0.6 is 0 Å². The highest BCUT2D eigenvalue weighted by Crippen LogP contribution is 2.20. The van der Waals surface area contributed by atoms with Crippen molar-refractivity contribution < 1.29 is 5.11 Å². The summed E-state index contributed by atoms with van der Waals surface area (Å²) in [6.07, 6.45) is 4.59.